The predicted molar refractivity (Wildman–Crippen MR) is 150 cm³/mol. The maximum atomic E-state index is 13.6. The summed E-state index contributed by atoms with van der Waals surface area (Å²) in [6, 6.07) is 23.5. The van der Waals surface area contributed by atoms with Crippen LogP contribution >= 0.6 is 31.9 Å². The normalized spacial score (nSPS) is 14.8. The van der Waals surface area contributed by atoms with Crippen molar-refractivity contribution in [2.75, 3.05) is 4.90 Å². The van der Waals surface area contributed by atoms with Gasteiger partial charge in [0, 0.05) is 20.1 Å². The van der Waals surface area contributed by atoms with Crippen LogP contribution in [0.25, 0.3) is 16.8 Å². The van der Waals surface area contributed by atoms with Crippen LogP contribution in [0.15, 0.2) is 93.4 Å². The first kappa shape index (κ1) is 24.9. The Hall–Kier alpha value is -3.75. The molecule has 8 heteroatoms. The first-order valence-electron chi connectivity index (χ1n) is 11.4. The SMILES string of the molecule is Cc1cc(Br)ccc1N1C(=O)NC(=O)/C(=C/c2c(OCc3ccccc3Br)ccc3ccccc23)C1=O. The minimum absolute atomic E-state index is 0.163. The molecule has 0 radical (unpaired) electrons. The van der Waals surface area contributed by atoms with Crippen LogP contribution in [-0.4, -0.2) is 17.8 Å². The molecule has 1 fully saturated rings. The van der Waals surface area contributed by atoms with Crippen molar-refractivity contribution in [1.29, 1.82) is 0 Å². The van der Waals surface area contributed by atoms with Crippen molar-refractivity contribution >= 4 is 72.2 Å². The fraction of sp³-hybridized carbons (Fsp3) is 0.0690. The lowest BCUT2D eigenvalue weighted by Crippen LogP contribution is -2.54. The minimum Gasteiger partial charge on any atom is -0.488 e. The molecule has 37 heavy (non-hydrogen) atoms. The molecule has 0 unspecified atom stereocenters. The number of barbiturate groups is 1. The molecule has 6 nitrogen and oxygen atoms in total. The van der Waals surface area contributed by atoms with Crippen LogP contribution in [-0.2, 0) is 16.2 Å². The lowest BCUT2D eigenvalue weighted by molar-refractivity contribution is -0.122. The number of ether oxygens (including phenoxy) is 1. The summed E-state index contributed by atoms with van der Waals surface area (Å²) in [4.78, 5) is 40.2. The second-order valence-corrected chi connectivity index (χ2v) is 10.2. The zero-order chi connectivity index (χ0) is 26.1. The third-order valence-electron chi connectivity index (χ3n) is 6.06. The molecule has 184 valence electrons. The van der Waals surface area contributed by atoms with E-state index in [1.807, 2.05) is 60.7 Å². The van der Waals surface area contributed by atoms with Gasteiger partial charge in [-0.2, -0.15) is 0 Å². The molecule has 0 spiro atoms. The molecule has 4 amide bonds. The number of aryl methyl sites for hydroxylation is 1. The van der Waals surface area contributed by atoms with Gasteiger partial charge in [0.1, 0.15) is 17.9 Å². The van der Waals surface area contributed by atoms with Crippen molar-refractivity contribution in [2.24, 2.45) is 0 Å². The Morgan fingerprint density at radius 2 is 1.68 bits per heavy atom. The van der Waals surface area contributed by atoms with Crippen molar-refractivity contribution in [3.8, 4) is 5.75 Å². The Balaban J connectivity index is 1.60. The smallest absolute Gasteiger partial charge is 0.335 e. The second kappa shape index (κ2) is 10.3. The van der Waals surface area contributed by atoms with Crippen molar-refractivity contribution < 1.29 is 19.1 Å². The van der Waals surface area contributed by atoms with Crippen molar-refractivity contribution in [3.05, 3.63) is 110 Å². The number of carbonyl (C=O) groups is 3. The Bertz CT molecular complexity index is 1610. The number of fused-ring (bicyclic) bond motifs is 1. The van der Waals surface area contributed by atoms with Gasteiger partial charge in [0.2, 0.25) is 0 Å². The number of anilines is 1. The Labute approximate surface area is 230 Å². The molecule has 4 aromatic rings. The molecule has 1 aliphatic heterocycles. The highest BCUT2D eigenvalue weighted by atomic mass is 79.9. The first-order chi connectivity index (χ1) is 17.8. The Morgan fingerprint density at radius 1 is 0.919 bits per heavy atom. The number of hydrogen-bond donors (Lipinski definition) is 1. The first-order valence-corrected chi connectivity index (χ1v) is 13.0. The molecule has 1 N–H and O–H groups in total. The van der Waals surface area contributed by atoms with Crippen molar-refractivity contribution in [2.45, 2.75) is 13.5 Å². The number of nitrogens with zero attached hydrogens (tertiary/aromatic N) is 1. The molecule has 1 aliphatic rings. The number of carbonyl (C=O) groups excluding carboxylic acids is 3. The fourth-order valence-corrected chi connectivity index (χ4v) is 5.09. The monoisotopic (exact) mass is 618 g/mol. The molecular weight excluding hydrogens is 600 g/mol. The van der Waals surface area contributed by atoms with E-state index in [9.17, 15) is 14.4 Å². The molecule has 0 aliphatic carbocycles. The fourth-order valence-electron chi connectivity index (χ4n) is 4.21. The van der Waals surface area contributed by atoms with Gasteiger partial charge >= 0.3 is 6.03 Å². The van der Waals surface area contributed by atoms with Crippen LogP contribution in [0.4, 0.5) is 10.5 Å². The number of amides is 4. The highest BCUT2D eigenvalue weighted by Gasteiger charge is 2.37. The summed E-state index contributed by atoms with van der Waals surface area (Å²) in [5, 5.41) is 4.03. The summed E-state index contributed by atoms with van der Waals surface area (Å²) in [7, 11) is 0. The Kier molecular flexibility index (Phi) is 6.95. The standard InChI is InChI=1S/C29H20Br2N2O4/c1-17-14-20(30)11-12-25(17)33-28(35)23(27(34)32-29(33)36)15-22-21-8-4-2-6-18(21)10-13-26(22)37-16-19-7-3-5-9-24(19)31/h2-15H,16H2,1H3,(H,32,34,36)/b23-15-. The van der Waals surface area contributed by atoms with Gasteiger partial charge in [0.25, 0.3) is 11.8 Å². The highest BCUT2D eigenvalue weighted by molar-refractivity contribution is 9.10. The van der Waals surface area contributed by atoms with Crippen molar-refractivity contribution in [1.82, 2.24) is 5.32 Å². The summed E-state index contributed by atoms with van der Waals surface area (Å²) < 4.78 is 7.91. The quantitative estimate of drug-likeness (QED) is 0.194. The number of halogens is 2. The second-order valence-electron chi connectivity index (χ2n) is 8.47. The number of imide groups is 2. The third-order valence-corrected chi connectivity index (χ3v) is 7.33. The summed E-state index contributed by atoms with van der Waals surface area (Å²) in [6.45, 7) is 2.07. The third kappa shape index (κ3) is 4.95. The van der Waals surface area contributed by atoms with E-state index in [-0.39, 0.29) is 12.2 Å². The number of hydrogen-bond acceptors (Lipinski definition) is 4. The van der Waals surface area contributed by atoms with Crippen LogP contribution in [0.3, 0.4) is 0 Å². The molecule has 1 heterocycles. The summed E-state index contributed by atoms with van der Waals surface area (Å²) in [6.07, 6.45) is 1.50. The van der Waals surface area contributed by atoms with Crippen LogP contribution in [0.1, 0.15) is 16.7 Å². The van der Waals surface area contributed by atoms with Crippen LogP contribution in [0, 0.1) is 6.92 Å². The van der Waals surface area contributed by atoms with Crippen LogP contribution in [0.2, 0.25) is 0 Å². The number of rotatable bonds is 5. The van der Waals surface area contributed by atoms with E-state index in [0.717, 1.165) is 30.2 Å². The zero-order valence-corrected chi connectivity index (χ0v) is 22.8. The average Bonchev–Trinajstić information content (AvgIpc) is 2.87. The summed E-state index contributed by atoms with van der Waals surface area (Å²) in [5.74, 6) is -0.958. The molecule has 1 saturated heterocycles. The van der Waals surface area contributed by atoms with Gasteiger partial charge in [-0.25, -0.2) is 9.69 Å². The van der Waals surface area contributed by atoms with E-state index in [1.54, 1.807) is 25.1 Å². The largest absolute Gasteiger partial charge is 0.488 e. The lowest BCUT2D eigenvalue weighted by atomic mass is 9.99. The van der Waals surface area contributed by atoms with E-state index in [4.69, 9.17) is 4.74 Å². The van der Waals surface area contributed by atoms with Gasteiger partial charge in [0.15, 0.2) is 0 Å². The van der Waals surface area contributed by atoms with E-state index in [1.165, 1.54) is 6.08 Å². The van der Waals surface area contributed by atoms with Gasteiger partial charge in [-0.3, -0.25) is 14.9 Å². The lowest BCUT2D eigenvalue weighted by Gasteiger charge is -2.27. The van der Waals surface area contributed by atoms with Gasteiger partial charge in [-0.05, 0) is 59.7 Å². The molecule has 0 bridgehead atoms. The number of benzene rings is 4. The van der Waals surface area contributed by atoms with Gasteiger partial charge in [-0.15, -0.1) is 0 Å². The van der Waals surface area contributed by atoms with E-state index >= 15 is 0 Å². The number of urea groups is 1. The Morgan fingerprint density at radius 3 is 2.46 bits per heavy atom. The summed E-state index contributed by atoms with van der Waals surface area (Å²) in [5.41, 5.74) is 2.46. The predicted octanol–water partition coefficient (Wildman–Crippen LogP) is 6.92. The van der Waals surface area contributed by atoms with Crippen LogP contribution in [0.5, 0.6) is 5.75 Å². The molecular formula is C29H20Br2N2O4. The maximum Gasteiger partial charge on any atom is 0.335 e. The van der Waals surface area contributed by atoms with Gasteiger partial charge < -0.3 is 4.74 Å². The van der Waals surface area contributed by atoms with Crippen LogP contribution < -0.4 is 15.0 Å². The van der Waals surface area contributed by atoms with E-state index in [0.29, 0.717) is 22.6 Å². The van der Waals surface area contributed by atoms with E-state index in [2.05, 4.69) is 37.2 Å². The minimum atomic E-state index is -0.791. The van der Waals surface area contributed by atoms with E-state index < -0.39 is 17.8 Å². The molecule has 0 saturated carbocycles. The number of nitrogens with one attached hydrogen (secondary N) is 1. The maximum absolute atomic E-state index is 13.6. The van der Waals surface area contributed by atoms with Gasteiger partial charge in [0.05, 0.1) is 5.69 Å². The topological polar surface area (TPSA) is 75.7 Å². The zero-order valence-electron chi connectivity index (χ0n) is 19.6. The highest BCUT2D eigenvalue weighted by Crippen LogP contribution is 2.33. The average molecular weight is 620 g/mol. The summed E-state index contributed by atoms with van der Waals surface area (Å²) >= 11 is 6.93. The molecule has 0 atom stereocenters. The molecule has 4 aromatic carbocycles. The molecule has 5 rings (SSSR count). The van der Waals surface area contributed by atoms with Gasteiger partial charge in [-0.1, -0.05) is 80.4 Å². The molecule has 0 aromatic heterocycles. The van der Waals surface area contributed by atoms with Crippen molar-refractivity contribution in [3.63, 3.8) is 0 Å².